The van der Waals surface area contributed by atoms with Crippen molar-refractivity contribution in [3.05, 3.63) is 112 Å². The number of ether oxygens (including phenoxy) is 2. The van der Waals surface area contributed by atoms with Crippen LogP contribution in [0.15, 0.2) is 84.2 Å². The fourth-order valence-corrected chi connectivity index (χ4v) is 7.59. The van der Waals surface area contributed by atoms with Gasteiger partial charge in [0.25, 0.3) is 5.91 Å². The predicted octanol–water partition coefficient (Wildman–Crippen LogP) is 7.49. The minimum Gasteiger partial charge on any atom is -0.481 e. The number of thiazole rings is 1. The number of carboxylic acid groups (broad SMARTS) is 1. The lowest BCUT2D eigenvalue weighted by Gasteiger charge is -2.33. The molecule has 0 radical (unpaired) electrons. The van der Waals surface area contributed by atoms with Crippen molar-refractivity contribution in [3.63, 3.8) is 0 Å². The molecule has 0 bridgehead atoms. The summed E-state index contributed by atoms with van der Waals surface area (Å²) in [6, 6.07) is 25.0. The van der Waals surface area contributed by atoms with Gasteiger partial charge in [-0.15, -0.1) is 11.3 Å². The lowest BCUT2D eigenvalue weighted by Crippen LogP contribution is -2.42. The van der Waals surface area contributed by atoms with Gasteiger partial charge in [-0.3, -0.25) is 14.4 Å². The molecular weight excluding hydrogens is 667 g/mol. The minimum absolute atomic E-state index is 0.0359. The molecule has 0 unspecified atom stereocenters. The van der Waals surface area contributed by atoms with Gasteiger partial charge in [0.1, 0.15) is 17.3 Å². The number of benzene rings is 3. The van der Waals surface area contributed by atoms with Crippen LogP contribution in [-0.4, -0.2) is 64.7 Å². The molecule has 0 spiro atoms. The van der Waals surface area contributed by atoms with Crippen LogP contribution in [-0.2, 0) is 25.5 Å². The summed E-state index contributed by atoms with van der Waals surface area (Å²) in [5.41, 5.74) is 5.63. The van der Waals surface area contributed by atoms with E-state index in [1.165, 1.54) is 18.3 Å². The SMILES string of the molecule is CC(=O)O[C@H](C[C@H](C(C)C)N(C)C(=O)OCC1c2ccccc2-c2ccccc21)c1nc(C(=O)N[C@@H](Cc2ccccc2)C[C@H](C)C(=O)O)cs1. The standard InChI is InChI=1S/C40H45N3O7S/c1-24(2)35(43(5)40(48)49-22-33-31-17-11-9-15-29(31)30-16-10-12-18-32(30)33)21-36(50-26(4)44)38-42-34(23-51-38)37(45)41-28(19-25(3)39(46)47)20-27-13-7-6-8-14-27/h6-18,23-25,28,33,35-36H,19-22H2,1-5H3,(H,41,45)(H,46,47)/t25-,28+,35+,36+/m0/s1. The summed E-state index contributed by atoms with van der Waals surface area (Å²) in [6.07, 6.45) is -0.385. The van der Waals surface area contributed by atoms with Crippen molar-refractivity contribution in [1.29, 1.82) is 0 Å². The van der Waals surface area contributed by atoms with Crippen LogP contribution in [0.3, 0.4) is 0 Å². The molecule has 0 aliphatic heterocycles. The number of hydrogen-bond acceptors (Lipinski definition) is 8. The first-order chi connectivity index (χ1) is 24.4. The van der Waals surface area contributed by atoms with E-state index in [0.29, 0.717) is 11.4 Å². The van der Waals surface area contributed by atoms with Crippen molar-refractivity contribution in [2.24, 2.45) is 11.8 Å². The summed E-state index contributed by atoms with van der Waals surface area (Å²) >= 11 is 1.19. The fraction of sp³-hybridized carbons (Fsp3) is 0.375. The van der Waals surface area contributed by atoms with Crippen molar-refractivity contribution in [1.82, 2.24) is 15.2 Å². The van der Waals surface area contributed by atoms with E-state index in [4.69, 9.17) is 9.47 Å². The fourth-order valence-electron chi connectivity index (χ4n) is 6.75. The second kappa shape index (κ2) is 16.8. The van der Waals surface area contributed by atoms with Crippen molar-refractivity contribution < 1.29 is 33.8 Å². The molecule has 1 aromatic heterocycles. The van der Waals surface area contributed by atoms with Crippen LogP contribution in [0.4, 0.5) is 4.79 Å². The molecule has 4 aromatic rings. The van der Waals surface area contributed by atoms with Crippen molar-refractivity contribution in [2.75, 3.05) is 13.7 Å². The molecule has 11 heteroatoms. The number of nitrogens with one attached hydrogen (secondary N) is 1. The highest BCUT2D eigenvalue weighted by molar-refractivity contribution is 7.09. The number of carbonyl (C=O) groups is 4. The maximum atomic E-state index is 13.5. The number of amides is 2. The number of rotatable bonds is 15. The predicted molar refractivity (Wildman–Crippen MR) is 196 cm³/mol. The summed E-state index contributed by atoms with van der Waals surface area (Å²) in [5, 5.41) is 14.5. The third kappa shape index (κ3) is 9.21. The Hall–Kier alpha value is -5.03. The van der Waals surface area contributed by atoms with E-state index in [9.17, 15) is 24.3 Å². The second-order valence-electron chi connectivity index (χ2n) is 13.5. The maximum absolute atomic E-state index is 13.5. The Morgan fingerprint density at radius 1 is 0.902 bits per heavy atom. The normalized spacial score (nSPS) is 14.5. The van der Waals surface area contributed by atoms with Gasteiger partial charge in [0, 0.05) is 43.8 Å². The summed E-state index contributed by atoms with van der Waals surface area (Å²) < 4.78 is 11.7. The van der Waals surface area contributed by atoms with Gasteiger partial charge < -0.3 is 24.8 Å². The van der Waals surface area contributed by atoms with E-state index in [-0.39, 0.29) is 43.0 Å². The van der Waals surface area contributed by atoms with Gasteiger partial charge in [0.2, 0.25) is 0 Å². The molecule has 1 aliphatic rings. The smallest absolute Gasteiger partial charge is 0.409 e. The molecule has 4 atom stereocenters. The first-order valence-electron chi connectivity index (χ1n) is 17.2. The zero-order valence-electron chi connectivity index (χ0n) is 29.6. The highest BCUT2D eigenvalue weighted by Gasteiger charge is 2.34. The Kier molecular flexibility index (Phi) is 12.3. The van der Waals surface area contributed by atoms with Gasteiger partial charge >= 0.3 is 18.0 Å². The zero-order valence-corrected chi connectivity index (χ0v) is 30.4. The van der Waals surface area contributed by atoms with Crippen LogP contribution >= 0.6 is 11.3 Å². The third-order valence-corrected chi connectivity index (χ3v) is 10.3. The van der Waals surface area contributed by atoms with E-state index in [2.05, 4.69) is 34.6 Å². The van der Waals surface area contributed by atoms with Gasteiger partial charge in [-0.05, 0) is 46.6 Å². The Labute approximate surface area is 302 Å². The number of esters is 1. The largest absolute Gasteiger partial charge is 0.481 e. The number of carbonyl (C=O) groups excluding carboxylic acids is 3. The molecule has 3 aromatic carbocycles. The summed E-state index contributed by atoms with van der Waals surface area (Å²) in [4.78, 5) is 57.0. The van der Waals surface area contributed by atoms with Crippen LogP contribution in [0.25, 0.3) is 11.1 Å². The summed E-state index contributed by atoms with van der Waals surface area (Å²) in [7, 11) is 1.68. The molecular formula is C40H45N3O7S. The molecule has 1 aliphatic carbocycles. The Morgan fingerprint density at radius 3 is 2.10 bits per heavy atom. The molecule has 0 saturated heterocycles. The van der Waals surface area contributed by atoms with E-state index >= 15 is 0 Å². The van der Waals surface area contributed by atoms with Crippen LogP contribution in [0, 0.1) is 11.8 Å². The molecule has 2 N–H and O–H groups in total. The topological polar surface area (TPSA) is 135 Å². The molecule has 0 fully saturated rings. The highest BCUT2D eigenvalue weighted by Crippen LogP contribution is 2.44. The van der Waals surface area contributed by atoms with Crippen molar-refractivity contribution in [2.45, 2.75) is 71.1 Å². The monoisotopic (exact) mass is 711 g/mol. The quantitative estimate of drug-likeness (QED) is 0.121. The maximum Gasteiger partial charge on any atom is 0.409 e. The molecule has 0 saturated carbocycles. The first kappa shape index (κ1) is 37.2. The highest BCUT2D eigenvalue weighted by atomic mass is 32.1. The van der Waals surface area contributed by atoms with Crippen molar-refractivity contribution in [3.8, 4) is 11.1 Å². The first-order valence-corrected chi connectivity index (χ1v) is 18.1. The van der Waals surface area contributed by atoms with Gasteiger partial charge in [0.15, 0.2) is 6.10 Å². The zero-order chi connectivity index (χ0) is 36.7. The van der Waals surface area contributed by atoms with E-state index in [1.54, 1.807) is 24.3 Å². The molecule has 51 heavy (non-hydrogen) atoms. The number of fused-ring (bicyclic) bond motifs is 3. The van der Waals surface area contributed by atoms with Crippen LogP contribution in [0.1, 0.15) is 84.7 Å². The number of aromatic nitrogens is 1. The third-order valence-electron chi connectivity index (χ3n) is 9.40. The number of aliphatic carboxylic acids is 1. The average Bonchev–Trinajstić information content (AvgIpc) is 3.72. The van der Waals surface area contributed by atoms with Crippen molar-refractivity contribution >= 4 is 35.3 Å². The number of carboxylic acids is 1. The molecule has 268 valence electrons. The van der Waals surface area contributed by atoms with Gasteiger partial charge in [0.05, 0.1) is 5.92 Å². The number of hydrogen-bond donors (Lipinski definition) is 2. The van der Waals surface area contributed by atoms with Crippen LogP contribution in [0.2, 0.25) is 0 Å². The lowest BCUT2D eigenvalue weighted by molar-refractivity contribution is -0.148. The molecule has 2 amide bonds. The molecule has 10 nitrogen and oxygen atoms in total. The summed E-state index contributed by atoms with van der Waals surface area (Å²) in [5.74, 6) is -2.69. The van der Waals surface area contributed by atoms with Gasteiger partial charge in [-0.1, -0.05) is 99.6 Å². The average molecular weight is 712 g/mol. The Bertz CT molecular complexity index is 1800. The summed E-state index contributed by atoms with van der Waals surface area (Å²) in [6.45, 7) is 7.06. The molecule has 5 rings (SSSR count). The lowest BCUT2D eigenvalue weighted by atomic mass is 9.96. The van der Waals surface area contributed by atoms with Gasteiger partial charge in [-0.25, -0.2) is 9.78 Å². The minimum atomic E-state index is -0.940. The van der Waals surface area contributed by atoms with Crippen LogP contribution in [0.5, 0.6) is 0 Å². The van der Waals surface area contributed by atoms with Crippen LogP contribution < -0.4 is 5.32 Å². The number of nitrogens with zero attached hydrogens (tertiary/aromatic N) is 2. The molecule has 1 heterocycles. The Morgan fingerprint density at radius 2 is 1.51 bits per heavy atom. The van der Waals surface area contributed by atoms with E-state index < -0.39 is 42.0 Å². The van der Waals surface area contributed by atoms with Gasteiger partial charge in [-0.2, -0.15) is 0 Å². The second-order valence-corrected chi connectivity index (χ2v) is 14.4. The van der Waals surface area contributed by atoms with E-state index in [1.807, 2.05) is 68.4 Å². The Balaban J connectivity index is 1.27. The van der Waals surface area contributed by atoms with E-state index in [0.717, 1.165) is 27.8 Å².